The number of rotatable bonds is 6. The molecular weight excluding hydrogens is 204 g/mol. The third-order valence-corrected chi connectivity index (χ3v) is 4.68. The Labute approximate surface area is 95.5 Å². The SMILES string of the molecule is CCO[Si](OC(C)=CC1CCC1)C(C)C. The van der Waals surface area contributed by atoms with Gasteiger partial charge in [-0.1, -0.05) is 20.3 Å². The van der Waals surface area contributed by atoms with Crippen LogP contribution < -0.4 is 0 Å². The zero-order valence-electron chi connectivity index (χ0n) is 10.4. The van der Waals surface area contributed by atoms with Crippen LogP contribution in [0.2, 0.25) is 5.54 Å². The van der Waals surface area contributed by atoms with Gasteiger partial charge < -0.3 is 8.85 Å². The Kier molecular flexibility index (Phi) is 5.40. The lowest BCUT2D eigenvalue weighted by atomic mass is 9.85. The van der Waals surface area contributed by atoms with Crippen LogP contribution in [0.5, 0.6) is 0 Å². The molecule has 0 aromatic rings. The van der Waals surface area contributed by atoms with Crippen molar-refractivity contribution in [3.63, 3.8) is 0 Å². The molecule has 0 N–H and O–H groups in total. The van der Waals surface area contributed by atoms with E-state index in [9.17, 15) is 0 Å². The lowest BCUT2D eigenvalue weighted by molar-refractivity contribution is 0.237. The molecule has 1 aliphatic carbocycles. The van der Waals surface area contributed by atoms with Gasteiger partial charge in [-0.05, 0) is 38.7 Å². The van der Waals surface area contributed by atoms with Gasteiger partial charge in [0.25, 0.3) is 0 Å². The fourth-order valence-corrected chi connectivity index (χ4v) is 2.89. The summed E-state index contributed by atoms with van der Waals surface area (Å²) in [5.41, 5.74) is 0.500. The summed E-state index contributed by atoms with van der Waals surface area (Å²) >= 11 is 0. The second kappa shape index (κ2) is 6.33. The van der Waals surface area contributed by atoms with Gasteiger partial charge in [0.15, 0.2) is 0 Å². The highest BCUT2D eigenvalue weighted by molar-refractivity contribution is 6.46. The summed E-state index contributed by atoms with van der Waals surface area (Å²) in [5, 5.41) is 0. The van der Waals surface area contributed by atoms with E-state index in [0.717, 1.165) is 18.3 Å². The highest BCUT2D eigenvalue weighted by atomic mass is 28.3. The average molecular weight is 227 g/mol. The lowest BCUT2D eigenvalue weighted by Crippen LogP contribution is -2.26. The maximum absolute atomic E-state index is 5.90. The maximum Gasteiger partial charge on any atom is 0.460 e. The summed E-state index contributed by atoms with van der Waals surface area (Å²) in [5.74, 6) is 1.83. The Hall–Kier alpha value is -0.283. The molecule has 0 aromatic heterocycles. The maximum atomic E-state index is 5.90. The Bertz CT molecular complexity index is 210. The largest absolute Gasteiger partial charge is 0.523 e. The number of hydrogen-bond acceptors (Lipinski definition) is 2. The quantitative estimate of drug-likeness (QED) is 0.509. The van der Waals surface area contributed by atoms with Gasteiger partial charge in [0.1, 0.15) is 0 Å². The standard InChI is InChI=1S/C12H23O2Si/c1-5-13-15(10(2)3)14-11(4)9-12-7-6-8-12/h9-10,12H,5-8H2,1-4H3. The van der Waals surface area contributed by atoms with Gasteiger partial charge in [-0.25, -0.2) is 0 Å². The van der Waals surface area contributed by atoms with Crippen molar-refractivity contribution in [2.24, 2.45) is 5.92 Å². The fraction of sp³-hybridized carbons (Fsp3) is 0.833. The fourth-order valence-electron chi connectivity index (χ4n) is 1.59. The molecule has 2 nitrogen and oxygen atoms in total. The summed E-state index contributed by atoms with van der Waals surface area (Å²) in [6, 6.07) is 0. The third kappa shape index (κ3) is 4.39. The van der Waals surface area contributed by atoms with Crippen molar-refractivity contribution >= 4 is 9.28 Å². The molecule has 0 bridgehead atoms. The van der Waals surface area contributed by atoms with Crippen LogP contribution in [0, 0.1) is 5.92 Å². The molecular formula is C12H23O2Si. The molecule has 1 saturated carbocycles. The first-order valence-corrected chi connectivity index (χ1v) is 7.38. The second-order valence-corrected chi connectivity index (χ2v) is 6.76. The lowest BCUT2D eigenvalue weighted by Gasteiger charge is -2.24. The molecule has 1 radical (unpaired) electrons. The minimum atomic E-state index is -1.11. The predicted octanol–water partition coefficient (Wildman–Crippen LogP) is 3.64. The van der Waals surface area contributed by atoms with Crippen LogP contribution in [0.4, 0.5) is 0 Å². The van der Waals surface area contributed by atoms with Crippen molar-refractivity contribution in [2.45, 2.75) is 52.5 Å². The van der Waals surface area contributed by atoms with Gasteiger partial charge in [0.2, 0.25) is 0 Å². The monoisotopic (exact) mass is 227 g/mol. The van der Waals surface area contributed by atoms with Crippen LogP contribution in [-0.4, -0.2) is 15.9 Å². The predicted molar refractivity (Wildman–Crippen MR) is 64.7 cm³/mol. The van der Waals surface area contributed by atoms with Crippen LogP contribution in [0.1, 0.15) is 47.0 Å². The van der Waals surface area contributed by atoms with Crippen LogP contribution >= 0.6 is 0 Å². The molecule has 1 fully saturated rings. The first kappa shape index (κ1) is 12.8. The molecule has 0 atom stereocenters. The molecule has 0 saturated heterocycles. The van der Waals surface area contributed by atoms with Crippen LogP contribution in [-0.2, 0) is 8.85 Å². The molecule has 0 unspecified atom stereocenters. The van der Waals surface area contributed by atoms with Crippen molar-refractivity contribution in [3.05, 3.63) is 11.8 Å². The molecule has 15 heavy (non-hydrogen) atoms. The van der Waals surface area contributed by atoms with E-state index in [0.29, 0.717) is 5.54 Å². The summed E-state index contributed by atoms with van der Waals surface area (Å²) in [7, 11) is -1.11. The Balaban J connectivity index is 2.38. The van der Waals surface area contributed by atoms with Crippen LogP contribution in [0.25, 0.3) is 0 Å². The van der Waals surface area contributed by atoms with E-state index in [1.807, 2.05) is 6.92 Å². The summed E-state index contributed by atoms with van der Waals surface area (Å²) in [6.07, 6.45) is 6.32. The molecule has 0 heterocycles. The van der Waals surface area contributed by atoms with Crippen LogP contribution in [0.3, 0.4) is 0 Å². The summed E-state index contributed by atoms with van der Waals surface area (Å²) < 4.78 is 11.5. The van der Waals surface area contributed by atoms with Crippen molar-refractivity contribution in [1.82, 2.24) is 0 Å². The second-order valence-electron chi connectivity index (χ2n) is 4.48. The van der Waals surface area contributed by atoms with E-state index in [1.54, 1.807) is 0 Å². The minimum Gasteiger partial charge on any atom is -0.523 e. The highest BCUT2D eigenvalue weighted by Gasteiger charge is 2.23. The summed E-state index contributed by atoms with van der Waals surface area (Å²) in [4.78, 5) is 0. The first-order chi connectivity index (χ1) is 7.13. The Morgan fingerprint density at radius 1 is 1.47 bits per heavy atom. The molecule has 0 aromatic carbocycles. The Morgan fingerprint density at radius 2 is 2.13 bits per heavy atom. The Morgan fingerprint density at radius 3 is 2.53 bits per heavy atom. The van der Waals surface area contributed by atoms with E-state index < -0.39 is 9.28 Å². The zero-order valence-corrected chi connectivity index (χ0v) is 11.4. The van der Waals surface area contributed by atoms with E-state index in [2.05, 4.69) is 26.8 Å². The van der Waals surface area contributed by atoms with E-state index in [1.165, 1.54) is 19.3 Å². The van der Waals surface area contributed by atoms with Gasteiger partial charge >= 0.3 is 9.28 Å². The number of hydrogen-bond donors (Lipinski definition) is 0. The van der Waals surface area contributed by atoms with Gasteiger partial charge in [-0.15, -0.1) is 0 Å². The minimum absolute atomic E-state index is 0.500. The van der Waals surface area contributed by atoms with Crippen LogP contribution in [0.15, 0.2) is 11.8 Å². The molecule has 3 heteroatoms. The zero-order chi connectivity index (χ0) is 11.3. The van der Waals surface area contributed by atoms with E-state index >= 15 is 0 Å². The van der Waals surface area contributed by atoms with Crippen molar-refractivity contribution in [3.8, 4) is 0 Å². The van der Waals surface area contributed by atoms with Crippen molar-refractivity contribution in [1.29, 1.82) is 0 Å². The summed E-state index contributed by atoms with van der Waals surface area (Å²) in [6.45, 7) is 9.18. The normalized spacial score (nSPS) is 18.4. The number of allylic oxidation sites excluding steroid dienone is 2. The molecule has 87 valence electrons. The van der Waals surface area contributed by atoms with Gasteiger partial charge in [0.05, 0.1) is 5.76 Å². The molecule has 1 rings (SSSR count). The third-order valence-electron chi connectivity index (χ3n) is 2.64. The highest BCUT2D eigenvalue weighted by Crippen LogP contribution is 2.29. The van der Waals surface area contributed by atoms with E-state index in [4.69, 9.17) is 8.85 Å². The van der Waals surface area contributed by atoms with Gasteiger partial charge in [-0.3, -0.25) is 0 Å². The molecule has 0 amide bonds. The average Bonchev–Trinajstić information content (AvgIpc) is 2.10. The first-order valence-electron chi connectivity index (χ1n) is 5.99. The molecule has 1 aliphatic rings. The molecule has 0 aliphatic heterocycles. The smallest absolute Gasteiger partial charge is 0.460 e. The topological polar surface area (TPSA) is 18.5 Å². The van der Waals surface area contributed by atoms with Gasteiger partial charge in [0, 0.05) is 12.1 Å². The van der Waals surface area contributed by atoms with Crippen molar-refractivity contribution < 1.29 is 8.85 Å². The van der Waals surface area contributed by atoms with E-state index in [-0.39, 0.29) is 0 Å². The van der Waals surface area contributed by atoms with Gasteiger partial charge in [-0.2, -0.15) is 0 Å². The van der Waals surface area contributed by atoms with Crippen molar-refractivity contribution in [2.75, 3.05) is 6.61 Å². The molecule has 0 spiro atoms.